The van der Waals surface area contributed by atoms with Crippen molar-refractivity contribution in [2.45, 2.75) is 65.0 Å². The van der Waals surface area contributed by atoms with Gasteiger partial charge in [0.05, 0.1) is 17.4 Å². The third-order valence-electron chi connectivity index (χ3n) is 5.58. The van der Waals surface area contributed by atoms with Gasteiger partial charge in [0, 0.05) is 23.8 Å². The molecule has 1 aliphatic heterocycles. The molecule has 3 aromatic rings. The van der Waals surface area contributed by atoms with Crippen molar-refractivity contribution in [2.75, 3.05) is 6.61 Å². The van der Waals surface area contributed by atoms with E-state index in [-0.39, 0.29) is 11.6 Å². The maximum atomic E-state index is 5.95. The SMILES string of the molecule is CCc1c(-c2ccc(C(C)(C)C)cn2)ccc2c1cnn2C1CCCCO1. The van der Waals surface area contributed by atoms with Crippen LogP contribution in [0.15, 0.2) is 36.7 Å². The van der Waals surface area contributed by atoms with E-state index in [4.69, 9.17) is 9.72 Å². The molecule has 0 bridgehead atoms. The first-order valence-electron chi connectivity index (χ1n) is 10.1. The van der Waals surface area contributed by atoms with E-state index in [9.17, 15) is 0 Å². The zero-order valence-electron chi connectivity index (χ0n) is 16.8. The lowest BCUT2D eigenvalue weighted by Crippen LogP contribution is -2.18. The molecule has 0 amide bonds. The van der Waals surface area contributed by atoms with Crippen molar-refractivity contribution in [3.8, 4) is 11.3 Å². The molecule has 1 aliphatic rings. The summed E-state index contributed by atoms with van der Waals surface area (Å²) in [6, 6.07) is 8.72. The Balaban J connectivity index is 1.76. The van der Waals surface area contributed by atoms with Crippen LogP contribution in [0.3, 0.4) is 0 Å². The first kappa shape index (κ1) is 18.2. The molecule has 2 aromatic heterocycles. The predicted octanol–water partition coefficient (Wildman–Crippen LogP) is 5.66. The second-order valence-corrected chi connectivity index (χ2v) is 8.47. The Morgan fingerprint density at radius 1 is 1.11 bits per heavy atom. The Hall–Kier alpha value is -2.20. The summed E-state index contributed by atoms with van der Waals surface area (Å²) < 4.78 is 8.02. The Morgan fingerprint density at radius 3 is 2.59 bits per heavy atom. The highest BCUT2D eigenvalue weighted by molar-refractivity contribution is 5.89. The molecule has 1 unspecified atom stereocenters. The van der Waals surface area contributed by atoms with Crippen molar-refractivity contribution in [3.05, 3.63) is 47.8 Å². The van der Waals surface area contributed by atoms with Gasteiger partial charge in [0.1, 0.15) is 0 Å². The molecule has 1 fully saturated rings. The van der Waals surface area contributed by atoms with Crippen LogP contribution in [0, 0.1) is 0 Å². The lowest BCUT2D eigenvalue weighted by atomic mass is 9.88. The van der Waals surface area contributed by atoms with Crippen molar-refractivity contribution >= 4 is 10.9 Å². The van der Waals surface area contributed by atoms with Gasteiger partial charge in [-0.05, 0) is 54.4 Å². The summed E-state index contributed by atoms with van der Waals surface area (Å²) in [6.07, 6.45) is 8.42. The van der Waals surface area contributed by atoms with Crippen LogP contribution in [0.25, 0.3) is 22.2 Å². The molecule has 1 saturated heterocycles. The minimum absolute atomic E-state index is 0.0657. The molecule has 3 heterocycles. The van der Waals surface area contributed by atoms with Crippen LogP contribution in [0.4, 0.5) is 0 Å². The number of benzene rings is 1. The number of aryl methyl sites for hydroxylation is 1. The van der Waals surface area contributed by atoms with Crippen LogP contribution in [0.5, 0.6) is 0 Å². The minimum Gasteiger partial charge on any atom is -0.356 e. The van der Waals surface area contributed by atoms with E-state index in [2.05, 4.69) is 61.7 Å². The van der Waals surface area contributed by atoms with Crippen molar-refractivity contribution in [1.82, 2.24) is 14.8 Å². The third kappa shape index (κ3) is 3.39. The largest absolute Gasteiger partial charge is 0.356 e. The van der Waals surface area contributed by atoms with E-state index in [1.807, 2.05) is 12.4 Å². The van der Waals surface area contributed by atoms with Crippen LogP contribution in [-0.2, 0) is 16.6 Å². The summed E-state index contributed by atoms with van der Waals surface area (Å²) in [7, 11) is 0. The molecule has 4 nitrogen and oxygen atoms in total. The summed E-state index contributed by atoms with van der Waals surface area (Å²) in [4.78, 5) is 4.78. The lowest BCUT2D eigenvalue weighted by Gasteiger charge is -2.23. The quantitative estimate of drug-likeness (QED) is 0.603. The molecule has 4 rings (SSSR count). The highest BCUT2D eigenvalue weighted by Crippen LogP contribution is 2.33. The van der Waals surface area contributed by atoms with E-state index < -0.39 is 0 Å². The Morgan fingerprint density at radius 2 is 1.96 bits per heavy atom. The molecule has 0 N–H and O–H groups in total. The number of hydrogen-bond donors (Lipinski definition) is 0. The van der Waals surface area contributed by atoms with Gasteiger partial charge in [-0.3, -0.25) is 4.98 Å². The van der Waals surface area contributed by atoms with Gasteiger partial charge in [-0.15, -0.1) is 0 Å². The van der Waals surface area contributed by atoms with E-state index in [0.717, 1.165) is 37.1 Å². The van der Waals surface area contributed by atoms with Gasteiger partial charge in [0.2, 0.25) is 0 Å². The van der Waals surface area contributed by atoms with E-state index >= 15 is 0 Å². The van der Waals surface area contributed by atoms with Crippen LogP contribution in [-0.4, -0.2) is 21.4 Å². The average molecular weight is 364 g/mol. The number of aromatic nitrogens is 3. The smallest absolute Gasteiger partial charge is 0.150 e. The summed E-state index contributed by atoms with van der Waals surface area (Å²) in [5.74, 6) is 0. The number of fused-ring (bicyclic) bond motifs is 1. The van der Waals surface area contributed by atoms with Gasteiger partial charge in [-0.25, -0.2) is 4.68 Å². The van der Waals surface area contributed by atoms with Crippen LogP contribution in [0.2, 0.25) is 0 Å². The number of hydrogen-bond acceptors (Lipinski definition) is 3. The van der Waals surface area contributed by atoms with Crippen LogP contribution >= 0.6 is 0 Å². The normalized spacial score (nSPS) is 18.1. The highest BCUT2D eigenvalue weighted by Gasteiger charge is 2.21. The Kier molecular flexibility index (Phi) is 4.77. The third-order valence-corrected chi connectivity index (χ3v) is 5.58. The number of ether oxygens (including phenoxy) is 1. The summed E-state index contributed by atoms with van der Waals surface area (Å²) in [6.45, 7) is 9.68. The standard InChI is InChI=1S/C23H29N3O/c1-5-17-18(20-11-9-16(14-24-20)23(2,3)4)10-12-21-19(17)15-25-26(21)22-8-6-7-13-27-22/h9-12,14-15,22H,5-8,13H2,1-4H3. The molecular weight excluding hydrogens is 334 g/mol. The van der Waals surface area contributed by atoms with E-state index in [0.29, 0.717) is 0 Å². The van der Waals surface area contributed by atoms with Gasteiger partial charge in [0.25, 0.3) is 0 Å². The summed E-state index contributed by atoms with van der Waals surface area (Å²) >= 11 is 0. The van der Waals surface area contributed by atoms with Crippen molar-refractivity contribution in [3.63, 3.8) is 0 Å². The molecule has 0 spiro atoms. The van der Waals surface area contributed by atoms with Crippen LogP contribution < -0.4 is 0 Å². The molecule has 1 atom stereocenters. The molecule has 0 radical (unpaired) electrons. The van der Waals surface area contributed by atoms with Crippen LogP contribution in [0.1, 0.15) is 64.3 Å². The van der Waals surface area contributed by atoms with E-state index in [1.54, 1.807) is 0 Å². The second-order valence-electron chi connectivity index (χ2n) is 8.47. The monoisotopic (exact) mass is 363 g/mol. The number of pyridine rings is 1. The van der Waals surface area contributed by atoms with Crippen molar-refractivity contribution < 1.29 is 4.74 Å². The second kappa shape index (κ2) is 7.08. The molecular formula is C23H29N3O. The topological polar surface area (TPSA) is 39.9 Å². The molecule has 27 heavy (non-hydrogen) atoms. The van der Waals surface area contributed by atoms with Gasteiger partial charge in [-0.2, -0.15) is 5.10 Å². The fourth-order valence-electron chi connectivity index (χ4n) is 3.94. The van der Waals surface area contributed by atoms with E-state index in [1.165, 1.54) is 28.5 Å². The number of rotatable bonds is 3. The zero-order chi connectivity index (χ0) is 19.0. The van der Waals surface area contributed by atoms with Crippen molar-refractivity contribution in [2.24, 2.45) is 0 Å². The molecule has 0 saturated carbocycles. The Labute approximate surface area is 161 Å². The van der Waals surface area contributed by atoms with Gasteiger partial charge in [-0.1, -0.05) is 39.8 Å². The highest BCUT2D eigenvalue weighted by atomic mass is 16.5. The first-order chi connectivity index (χ1) is 13.0. The summed E-state index contributed by atoms with van der Waals surface area (Å²) in [5.41, 5.74) is 6.08. The first-order valence-corrected chi connectivity index (χ1v) is 10.1. The molecule has 4 heteroatoms. The minimum atomic E-state index is 0.0657. The molecule has 1 aromatic carbocycles. The van der Waals surface area contributed by atoms with Gasteiger partial charge < -0.3 is 4.74 Å². The van der Waals surface area contributed by atoms with Gasteiger partial charge >= 0.3 is 0 Å². The number of nitrogens with zero attached hydrogens (tertiary/aromatic N) is 3. The Bertz CT molecular complexity index is 929. The fraction of sp³-hybridized carbons (Fsp3) is 0.478. The average Bonchev–Trinajstić information content (AvgIpc) is 3.11. The lowest BCUT2D eigenvalue weighted by molar-refractivity contribution is -0.0366. The zero-order valence-corrected chi connectivity index (χ0v) is 16.8. The van der Waals surface area contributed by atoms with Gasteiger partial charge in [0.15, 0.2) is 6.23 Å². The molecule has 142 valence electrons. The predicted molar refractivity (Wildman–Crippen MR) is 110 cm³/mol. The maximum Gasteiger partial charge on any atom is 0.150 e. The van der Waals surface area contributed by atoms with Crippen molar-refractivity contribution in [1.29, 1.82) is 0 Å². The fourth-order valence-corrected chi connectivity index (χ4v) is 3.94. The molecule has 0 aliphatic carbocycles. The summed E-state index contributed by atoms with van der Waals surface area (Å²) in [5, 5.41) is 5.89. The maximum absolute atomic E-state index is 5.95.